The van der Waals surface area contributed by atoms with Gasteiger partial charge in [-0.1, -0.05) is 30.3 Å². The molecule has 1 N–H and O–H groups in total. The highest BCUT2D eigenvalue weighted by Crippen LogP contribution is 2.25. The van der Waals surface area contributed by atoms with Gasteiger partial charge in [-0.05, 0) is 54.6 Å². The normalized spacial score (nSPS) is 10.7. The van der Waals surface area contributed by atoms with E-state index < -0.39 is 5.91 Å². The van der Waals surface area contributed by atoms with Crippen molar-refractivity contribution < 1.29 is 18.7 Å². The Morgan fingerprint density at radius 2 is 1.58 bits per heavy atom. The summed E-state index contributed by atoms with van der Waals surface area (Å²) in [5, 5.41) is 10.8. The first-order chi connectivity index (χ1) is 16.2. The Labute approximate surface area is 188 Å². The van der Waals surface area contributed by atoms with E-state index in [9.17, 15) is 4.79 Å². The second-order valence-corrected chi connectivity index (χ2v) is 7.02. The summed E-state index contributed by atoms with van der Waals surface area (Å²) < 4.78 is 16.7. The van der Waals surface area contributed by atoms with Gasteiger partial charge >= 0.3 is 6.01 Å². The molecule has 33 heavy (non-hydrogen) atoms. The number of amides is 1. The van der Waals surface area contributed by atoms with Crippen LogP contribution >= 0.6 is 0 Å². The molecule has 3 aromatic carbocycles. The van der Waals surface area contributed by atoms with Crippen molar-refractivity contribution in [3.8, 4) is 28.6 Å². The second kappa shape index (κ2) is 9.19. The van der Waals surface area contributed by atoms with Crippen LogP contribution in [0.5, 0.6) is 17.4 Å². The number of nitrogens with zero attached hydrogens (tertiary/aromatic N) is 3. The number of aromatic nitrogens is 3. The summed E-state index contributed by atoms with van der Waals surface area (Å²) in [6.07, 6.45) is 0. The highest BCUT2D eigenvalue weighted by molar-refractivity contribution is 5.91. The topological polar surface area (TPSA) is 99.4 Å². The predicted octanol–water partition coefficient (Wildman–Crippen LogP) is 5.09. The van der Waals surface area contributed by atoms with Crippen LogP contribution < -0.4 is 14.8 Å². The number of benzene rings is 3. The van der Waals surface area contributed by atoms with Crippen LogP contribution in [0.2, 0.25) is 0 Å². The fraction of sp³-hybridized carbons (Fsp3) is 0.0400. The van der Waals surface area contributed by atoms with Gasteiger partial charge in [0.05, 0.1) is 5.69 Å². The zero-order chi connectivity index (χ0) is 22.5. The molecule has 8 nitrogen and oxygen atoms in total. The van der Waals surface area contributed by atoms with Crippen LogP contribution in [0.25, 0.3) is 22.4 Å². The molecule has 2 heterocycles. The minimum absolute atomic E-state index is 0.117. The molecule has 0 bridgehead atoms. The highest BCUT2D eigenvalue weighted by atomic mass is 16.5. The molecule has 0 aliphatic heterocycles. The first-order valence-electron chi connectivity index (χ1n) is 10.2. The number of anilines is 1. The maximum atomic E-state index is 12.1. The van der Waals surface area contributed by atoms with Crippen LogP contribution in [0.4, 0.5) is 6.01 Å². The number of carbonyl (C=O) groups is 1. The van der Waals surface area contributed by atoms with E-state index in [0.29, 0.717) is 16.8 Å². The predicted molar refractivity (Wildman–Crippen MR) is 122 cm³/mol. The lowest BCUT2D eigenvalue weighted by atomic mass is 10.1. The molecule has 0 atom stereocenters. The summed E-state index contributed by atoms with van der Waals surface area (Å²) in [4.78, 5) is 16.3. The van der Waals surface area contributed by atoms with Gasteiger partial charge in [0, 0.05) is 11.6 Å². The van der Waals surface area contributed by atoms with E-state index in [4.69, 9.17) is 13.9 Å². The van der Waals surface area contributed by atoms with Gasteiger partial charge in [-0.2, -0.15) is 4.98 Å². The van der Waals surface area contributed by atoms with Crippen molar-refractivity contribution in [2.24, 2.45) is 0 Å². The lowest BCUT2D eigenvalue weighted by Gasteiger charge is -2.07. The third kappa shape index (κ3) is 4.96. The van der Waals surface area contributed by atoms with Gasteiger partial charge in [-0.25, -0.2) is 0 Å². The number of hydrogen-bond acceptors (Lipinski definition) is 7. The molecule has 0 saturated carbocycles. The number of para-hydroxylation sites is 3. The average molecular weight is 438 g/mol. The van der Waals surface area contributed by atoms with Crippen molar-refractivity contribution in [2.45, 2.75) is 0 Å². The Morgan fingerprint density at radius 1 is 0.818 bits per heavy atom. The number of rotatable bonds is 7. The highest BCUT2D eigenvalue weighted by Gasteiger charge is 2.11. The molecule has 0 fully saturated rings. The first kappa shape index (κ1) is 20.2. The van der Waals surface area contributed by atoms with Crippen LogP contribution in [-0.4, -0.2) is 27.7 Å². The van der Waals surface area contributed by atoms with E-state index in [1.165, 1.54) is 0 Å². The molecule has 2 aromatic heterocycles. The summed E-state index contributed by atoms with van der Waals surface area (Å²) in [6.45, 7) is -0.252. The third-order valence-corrected chi connectivity index (χ3v) is 4.66. The van der Waals surface area contributed by atoms with Crippen molar-refractivity contribution in [3.63, 3.8) is 0 Å². The van der Waals surface area contributed by atoms with E-state index in [-0.39, 0.29) is 18.5 Å². The summed E-state index contributed by atoms with van der Waals surface area (Å²) >= 11 is 0. The molecule has 0 spiro atoms. The largest absolute Gasteiger partial charge is 0.466 e. The molecule has 0 unspecified atom stereocenters. The van der Waals surface area contributed by atoms with Gasteiger partial charge in [-0.15, -0.1) is 10.2 Å². The third-order valence-electron chi connectivity index (χ3n) is 4.66. The lowest BCUT2D eigenvalue weighted by molar-refractivity contribution is -0.118. The number of hydrogen-bond donors (Lipinski definition) is 1. The van der Waals surface area contributed by atoms with Crippen LogP contribution in [0, 0.1) is 0 Å². The van der Waals surface area contributed by atoms with Gasteiger partial charge < -0.3 is 13.9 Å². The minimum atomic E-state index is -0.415. The zero-order valence-electron chi connectivity index (χ0n) is 17.3. The van der Waals surface area contributed by atoms with Gasteiger partial charge in [0.2, 0.25) is 5.88 Å². The van der Waals surface area contributed by atoms with Crippen molar-refractivity contribution in [3.05, 3.63) is 91.0 Å². The van der Waals surface area contributed by atoms with Crippen molar-refractivity contribution in [1.82, 2.24) is 15.2 Å². The molecule has 8 heteroatoms. The Kier molecular flexibility index (Phi) is 5.62. The molecule has 1 amide bonds. The van der Waals surface area contributed by atoms with Crippen LogP contribution in [0.15, 0.2) is 95.4 Å². The Hall–Kier alpha value is -4.72. The fourth-order valence-corrected chi connectivity index (χ4v) is 3.09. The van der Waals surface area contributed by atoms with Gasteiger partial charge in [0.15, 0.2) is 12.2 Å². The number of fused-ring (bicyclic) bond motifs is 1. The van der Waals surface area contributed by atoms with Gasteiger partial charge in [-0.3, -0.25) is 10.1 Å². The maximum Gasteiger partial charge on any atom is 0.302 e. The van der Waals surface area contributed by atoms with Crippen molar-refractivity contribution in [2.75, 3.05) is 11.9 Å². The van der Waals surface area contributed by atoms with E-state index in [0.717, 1.165) is 17.1 Å². The fourth-order valence-electron chi connectivity index (χ4n) is 3.09. The molecular weight excluding hydrogens is 420 g/mol. The van der Waals surface area contributed by atoms with E-state index >= 15 is 0 Å². The molecular formula is C25H18N4O4. The second-order valence-electron chi connectivity index (χ2n) is 7.02. The van der Waals surface area contributed by atoms with Crippen LogP contribution in [0.3, 0.4) is 0 Å². The Morgan fingerprint density at radius 3 is 2.33 bits per heavy atom. The smallest absolute Gasteiger partial charge is 0.302 e. The monoisotopic (exact) mass is 438 g/mol. The Balaban J connectivity index is 1.16. The van der Waals surface area contributed by atoms with Crippen molar-refractivity contribution in [1.29, 1.82) is 0 Å². The van der Waals surface area contributed by atoms with E-state index in [1.807, 2.05) is 66.7 Å². The number of carbonyl (C=O) groups excluding carboxylic acids is 1. The maximum absolute atomic E-state index is 12.1. The summed E-state index contributed by atoms with van der Waals surface area (Å²) in [6, 6.07) is 27.9. The molecule has 5 aromatic rings. The summed E-state index contributed by atoms with van der Waals surface area (Å²) in [5.74, 6) is 1.31. The number of ether oxygens (including phenoxy) is 2. The summed E-state index contributed by atoms with van der Waals surface area (Å²) in [5.41, 5.74) is 2.80. The molecule has 162 valence electrons. The molecule has 0 radical (unpaired) electrons. The number of nitrogens with one attached hydrogen (secondary N) is 1. The molecule has 5 rings (SSSR count). The molecule has 0 saturated heterocycles. The lowest BCUT2D eigenvalue weighted by Crippen LogP contribution is -2.20. The molecule has 0 aliphatic carbocycles. The van der Waals surface area contributed by atoms with E-state index in [1.54, 1.807) is 24.3 Å². The van der Waals surface area contributed by atoms with E-state index in [2.05, 4.69) is 20.5 Å². The standard InChI is InChI=1S/C25H18N4O4/c30-23(27-25-26-21-8-4-5-9-22(21)33-25)16-31-24-15-14-20(28-29-24)17-10-12-19(13-11-17)32-18-6-2-1-3-7-18/h1-15H,16H2,(H,26,27,30). The quantitative estimate of drug-likeness (QED) is 0.378. The SMILES string of the molecule is O=C(COc1ccc(-c2ccc(Oc3ccccc3)cc2)nn1)Nc1nc2ccccc2o1. The zero-order valence-corrected chi connectivity index (χ0v) is 17.3. The average Bonchev–Trinajstić information content (AvgIpc) is 3.26. The summed E-state index contributed by atoms with van der Waals surface area (Å²) in [7, 11) is 0. The van der Waals surface area contributed by atoms with Gasteiger partial charge in [0.1, 0.15) is 17.0 Å². The first-order valence-corrected chi connectivity index (χ1v) is 10.2. The molecule has 0 aliphatic rings. The van der Waals surface area contributed by atoms with Crippen LogP contribution in [0.1, 0.15) is 0 Å². The Bertz CT molecular complexity index is 1330. The minimum Gasteiger partial charge on any atom is -0.466 e. The van der Waals surface area contributed by atoms with Gasteiger partial charge in [0.25, 0.3) is 5.91 Å². The number of oxazole rings is 1. The van der Waals surface area contributed by atoms with Crippen molar-refractivity contribution >= 4 is 23.0 Å². The van der Waals surface area contributed by atoms with Crippen LogP contribution in [-0.2, 0) is 4.79 Å².